The summed E-state index contributed by atoms with van der Waals surface area (Å²) in [6.45, 7) is 1.72. The summed E-state index contributed by atoms with van der Waals surface area (Å²) in [4.78, 5) is 12.8. The normalized spacial score (nSPS) is 12.3. The quantitative estimate of drug-likeness (QED) is 0.714. The number of carbonyl (C=O) groups is 1. The molecule has 1 N–H and O–H groups in total. The second-order valence-corrected chi connectivity index (χ2v) is 8.56. The highest BCUT2D eigenvalue weighted by Gasteiger charge is 2.32. The third-order valence-corrected chi connectivity index (χ3v) is 5.41. The highest BCUT2D eigenvalue weighted by atomic mass is 35.5. The van der Waals surface area contributed by atoms with Gasteiger partial charge in [0, 0.05) is 15.7 Å². The molecule has 0 spiro atoms. The van der Waals surface area contributed by atoms with Crippen LogP contribution in [0, 0.1) is 0 Å². The number of methoxy groups -OCH3 is 1. The van der Waals surface area contributed by atoms with E-state index >= 15 is 0 Å². The van der Waals surface area contributed by atoms with Crippen molar-refractivity contribution < 1.29 is 17.9 Å². The molecule has 0 saturated carbocycles. The molecule has 0 bridgehead atoms. The third-order valence-electron chi connectivity index (χ3n) is 3.79. The summed E-state index contributed by atoms with van der Waals surface area (Å²) in [6.07, 6.45) is 1.28. The molecule has 6 nitrogen and oxygen atoms in total. The van der Waals surface area contributed by atoms with E-state index in [9.17, 15) is 13.2 Å². The Morgan fingerprint density at radius 2 is 1.70 bits per heavy atom. The molecule has 0 aliphatic heterocycles. The number of carbonyl (C=O) groups excluding carboxylic acids is 1. The Kier molecular flexibility index (Phi) is 6.97. The standard InChI is InChI=1S/C18H20Cl2N2O4S/c1-4-17(18(23)21-14-5-7-16(26-2)8-6-14)22(27(3,24)25)15-10-12(19)9-13(20)11-15/h5-11,17H,4H2,1-3H3,(H,21,23)/t17-/m0/s1. The van der Waals surface area contributed by atoms with Crippen molar-refractivity contribution in [2.75, 3.05) is 23.0 Å². The van der Waals surface area contributed by atoms with Gasteiger partial charge in [0.1, 0.15) is 11.8 Å². The van der Waals surface area contributed by atoms with Crippen molar-refractivity contribution in [1.29, 1.82) is 0 Å². The van der Waals surface area contributed by atoms with Gasteiger partial charge in [-0.15, -0.1) is 0 Å². The van der Waals surface area contributed by atoms with Gasteiger partial charge in [-0.3, -0.25) is 9.10 Å². The first-order chi connectivity index (χ1) is 12.7. The van der Waals surface area contributed by atoms with Gasteiger partial charge in [0.15, 0.2) is 0 Å². The molecule has 0 fully saturated rings. The Balaban J connectivity index is 2.37. The monoisotopic (exact) mass is 430 g/mol. The molecule has 0 aromatic heterocycles. The molecule has 0 aliphatic carbocycles. The first kappa shape index (κ1) is 21.3. The van der Waals surface area contributed by atoms with Gasteiger partial charge in [-0.2, -0.15) is 0 Å². The fourth-order valence-electron chi connectivity index (χ4n) is 2.63. The topological polar surface area (TPSA) is 75.7 Å². The molecule has 9 heteroatoms. The second kappa shape index (κ2) is 8.82. The minimum Gasteiger partial charge on any atom is -0.497 e. The summed E-state index contributed by atoms with van der Waals surface area (Å²) in [5, 5.41) is 3.28. The smallest absolute Gasteiger partial charge is 0.248 e. The molecule has 2 aromatic carbocycles. The van der Waals surface area contributed by atoms with Crippen LogP contribution in [0.5, 0.6) is 5.75 Å². The van der Waals surface area contributed by atoms with Crippen LogP contribution in [0.1, 0.15) is 13.3 Å². The number of nitrogens with zero attached hydrogens (tertiary/aromatic N) is 1. The van der Waals surface area contributed by atoms with Crippen LogP contribution < -0.4 is 14.4 Å². The zero-order chi connectivity index (χ0) is 20.2. The molecule has 0 heterocycles. The maximum Gasteiger partial charge on any atom is 0.248 e. The van der Waals surface area contributed by atoms with E-state index in [4.69, 9.17) is 27.9 Å². The zero-order valence-corrected chi connectivity index (χ0v) is 17.4. The largest absolute Gasteiger partial charge is 0.497 e. The Bertz CT molecular complexity index is 897. The average molecular weight is 431 g/mol. The summed E-state index contributed by atoms with van der Waals surface area (Å²) in [5.41, 5.74) is 0.753. The summed E-state index contributed by atoms with van der Waals surface area (Å²) < 4.78 is 31.0. The van der Waals surface area contributed by atoms with Gasteiger partial charge < -0.3 is 10.1 Å². The molecule has 2 aromatic rings. The molecule has 0 saturated heterocycles. The molecular weight excluding hydrogens is 411 g/mol. The SMILES string of the molecule is CC[C@@H](C(=O)Nc1ccc(OC)cc1)N(c1cc(Cl)cc(Cl)c1)S(C)(=O)=O. The van der Waals surface area contributed by atoms with Crippen LogP contribution in [-0.2, 0) is 14.8 Å². The first-order valence-electron chi connectivity index (χ1n) is 8.06. The maximum absolute atomic E-state index is 12.8. The van der Waals surface area contributed by atoms with Gasteiger partial charge in [0.2, 0.25) is 15.9 Å². The van der Waals surface area contributed by atoms with Crippen LogP contribution in [0.3, 0.4) is 0 Å². The van der Waals surface area contributed by atoms with Gasteiger partial charge >= 0.3 is 0 Å². The summed E-state index contributed by atoms with van der Waals surface area (Å²) in [5.74, 6) is 0.176. The minimum absolute atomic E-state index is 0.228. The van der Waals surface area contributed by atoms with Crippen molar-refractivity contribution in [3.05, 3.63) is 52.5 Å². The predicted molar refractivity (Wildman–Crippen MR) is 109 cm³/mol. The molecule has 0 radical (unpaired) electrons. The number of hydrogen-bond donors (Lipinski definition) is 1. The molecule has 0 unspecified atom stereocenters. The van der Waals surface area contributed by atoms with E-state index in [0.717, 1.165) is 10.6 Å². The highest BCUT2D eigenvalue weighted by molar-refractivity contribution is 7.92. The Morgan fingerprint density at radius 1 is 1.15 bits per heavy atom. The number of rotatable bonds is 7. The molecule has 1 atom stereocenters. The number of amides is 1. The molecule has 1 amide bonds. The Labute approximate surface area is 169 Å². The van der Waals surface area contributed by atoms with E-state index in [1.165, 1.54) is 18.2 Å². The molecule has 2 rings (SSSR count). The van der Waals surface area contributed by atoms with Gasteiger partial charge in [-0.25, -0.2) is 8.42 Å². The number of anilines is 2. The van der Waals surface area contributed by atoms with E-state index in [2.05, 4.69) is 5.32 Å². The maximum atomic E-state index is 12.8. The van der Waals surface area contributed by atoms with Crippen LogP contribution in [-0.4, -0.2) is 33.7 Å². The van der Waals surface area contributed by atoms with Crippen molar-refractivity contribution in [1.82, 2.24) is 0 Å². The van der Waals surface area contributed by atoms with Crippen molar-refractivity contribution in [2.24, 2.45) is 0 Å². The molecule has 0 aliphatic rings. The minimum atomic E-state index is -3.78. The summed E-state index contributed by atoms with van der Waals surface area (Å²) in [6, 6.07) is 10.2. The van der Waals surface area contributed by atoms with Crippen LogP contribution in [0.25, 0.3) is 0 Å². The number of ether oxygens (including phenoxy) is 1. The lowest BCUT2D eigenvalue weighted by Crippen LogP contribution is -2.47. The Morgan fingerprint density at radius 3 is 2.15 bits per heavy atom. The number of hydrogen-bond acceptors (Lipinski definition) is 4. The van der Waals surface area contributed by atoms with E-state index in [1.54, 1.807) is 38.3 Å². The lowest BCUT2D eigenvalue weighted by Gasteiger charge is -2.30. The van der Waals surface area contributed by atoms with E-state index in [-0.39, 0.29) is 22.2 Å². The van der Waals surface area contributed by atoms with Gasteiger partial charge in [-0.05, 0) is 48.9 Å². The summed E-state index contributed by atoms with van der Waals surface area (Å²) >= 11 is 12.0. The van der Waals surface area contributed by atoms with Crippen molar-refractivity contribution in [2.45, 2.75) is 19.4 Å². The number of sulfonamides is 1. The van der Waals surface area contributed by atoms with Crippen LogP contribution in [0.15, 0.2) is 42.5 Å². The van der Waals surface area contributed by atoms with E-state index in [1.807, 2.05) is 0 Å². The van der Waals surface area contributed by atoms with Crippen molar-refractivity contribution in [3.63, 3.8) is 0 Å². The second-order valence-electron chi connectivity index (χ2n) is 5.83. The number of halogens is 2. The molecule has 27 heavy (non-hydrogen) atoms. The van der Waals surface area contributed by atoms with Gasteiger partial charge in [0.25, 0.3) is 0 Å². The fraction of sp³-hybridized carbons (Fsp3) is 0.278. The van der Waals surface area contributed by atoms with Crippen molar-refractivity contribution in [3.8, 4) is 5.75 Å². The van der Waals surface area contributed by atoms with E-state index < -0.39 is 22.0 Å². The lowest BCUT2D eigenvalue weighted by atomic mass is 10.1. The lowest BCUT2D eigenvalue weighted by molar-refractivity contribution is -0.117. The highest BCUT2D eigenvalue weighted by Crippen LogP contribution is 2.29. The van der Waals surface area contributed by atoms with Crippen molar-refractivity contribution >= 4 is 50.5 Å². The summed E-state index contributed by atoms with van der Waals surface area (Å²) in [7, 11) is -2.23. The third kappa shape index (κ3) is 5.51. The van der Waals surface area contributed by atoms with Crippen LogP contribution in [0.4, 0.5) is 11.4 Å². The van der Waals surface area contributed by atoms with Gasteiger partial charge in [0.05, 0.1) is 19.1 Å². The van der Waals surface area contributed by atoms with Crippen LogP contribution in [0.2, 0.25) is 10.0 Å². The molecular formula is C18H20Cl2N2O4S. The Hall–Kier alpha value is -1.96. The average Bonchev–Trinajstić information content (AvgIpc) is 2.58. The zero-order valence-electron chi connectivity index (χ0n) is 15.1. The fourth-order valence-corrected chi connectivity index (χ4v) is 4.34. The number of nitrogens with one attached hydrogen (secondary N) is 1. The molecule has 146 valence electrons. The van der Waals surface area contributed by atoms with Gasteiger partial charge in [-0.1, -0.05) is 30.1 Å². The number of benzene rings is 2. The van der Waals surface area contributed by atoms with Crippen LogP contribution >= 0.6 is 23.2 Å². The predicted octanol–water partition coefficient (Wildman–Crippen LogP) is 4.19. The van der Waals surface area contributed by atoms with E-state index in [0.29, 0.717) is 11.4 Å². The first-order valence-corrected chi connectivity index (χ1v) is 10.7.